The Morgan fingerprint density at radius 1 is 1.06 bits per heavy atom. The number of anilines is 3. The molecule has 2 aliphatic rings. The molecule has 3 aromatic rings. The second kappa shape index (κ2) is 8.39. The van der Waals surface area contributed by atoms with E-state index in [0.717, 1.165) is 19.4 Å². The number of benzene rings is 2. The van der Waals surface area contributed by atoms with Crippen LogP contribution in [-0.4, -0.2) is 40.2 Å². The number of fused-ring (bicyclic) bond motifs is 2. The van der Waals surface area contributed by atoms with Crippen LogP contribution in [0.3, 0.4) is 0 Å². The molecule has 32 heavy (non-hydrogen) atoms. The van der Waals surface area contributed by atoms with Gasteiger partial charge in [0.25, 0.3) is 5.91 Å². The molecule has 3 unspecified atom stereocenters. The number of nitrogens with zero attached hydrogens (tertiary/aromatic N) is 2. The summed E-state index contributed by atoms with van der Waals surface area (Å²) in [5, 5.41) is 18.7. The molecule has 6 N–H and O–H groups in total. The number of nitrogen functional groups attached to an aromatic ring is 1. The second-order valence-corrected chi connectivity index (χ2v) is 8.36. The van der Waals surface area contributed by atoms with Crippen LogP contribution in [0, 0.1) is 11.3 Å². The van der Waals surface area contributed by atoms with E-state index in [-0.39, 0.29) is 23.5 Å². The lowest BCUT2D eigenvalue weighted by Crippen LogP contribution is -2.41. The van der Waals surface area contributed by atoms with E-state index in [1.54, 1.807) is 24.3 Å². The van der Waals surface area contributed by atoms with E-state index in [1.165, 1.54) is 6.33 Å². The zero-order valence-electron chi connectivity index (χ0n) is 17.5. The molecule has 2 heterocycles. The molecule has 1 amide bonds. The molecule has 1 aromatic heterocycles. The van der Waals surface area contributed by atoms with E-state index in [2.05, 4.69) is 25.9 Å². The van der Waals surface area contributed by atoms with Crippen LogP contribution < -0.4 is 21.7 Å². The van der Waals surface area contributed by atoms with Crippen molar-refractivity contribution < 1.29 is 4.79 Å². The summed E-state index contributed by atoms with van der Waals surface area (Å²) in [6, 6.07) is 16.9. The molecule has 1 aliphatic carbocycles. The predicted molar refractivity (Wildman–Crippen MR) is 125 cm³/mol. The third-order valence-electron chi connectivity index (χ3n) is 6.22. The molecule has 0 spiro atoms. The maximum absolute atomic E-state index is 12.7. The monoisotopic (exact) mass is 427 g/mol. The van der Waals surface area contributed by atoms with E-state index >= 15 is 0 Å². The number of aromatic nitrogens is 2. The number of para-hydroxylation sites is 1. The van der Waals surface area contributed by atoms with Gasteiger partial charge >= 0.3 is 0 Å². The van der Waals surface area contributed by atoms with Gasteiger partial charge in [0.2, 0.25) is 0 Å². The van der Waals surface area contributed by atoms with Gasteiger partial charge in [0.1, 0.15) is 18.0 Å². The Labute approximate surface area is 186 Å². The lowest BCUT2D eigenvalue weighted by molar-refractivity contribution is 0.102. The number of carbonyl (C=O) groups excluding carboxylic acids is 1. The fourth-order valence-electron chi connectivity index (χ4n) is 4.63. The van der Waals surface area contributed by atoms with E-state index in [1.807, 2.05) is 30.3 Å². The van der Waals surface area contributed by atoms with Crippen molar-refractivity contribution in [2.75, 3.05) is 22.9 Å². The minimum atomic E-state index is -0.241. The minimum Gasteiger partial charge on any atom is -0.383 e. The first kappa shape index (κ1) is 20.1. The van der Waals surface area contributed by atoms with Crippen molar-refractivity contribution in [1.29, 1.82) is 5.41 Å². The molecule has 162 valence electrons. The van der Waals surface area contributed by atoms with E-state index < -0.39 is 0 Å². The van der Waals surface area contributed by atoms with E-state index in [4.69, 9.17) is 11.1 Å². The Hall–Kier alpha value is -3.78. The highest BCUT2D eigenvalue weighted by Crippen LogP contribution is 2.34. The van der Waals surface area contributed by atoms with Crippen molar-refractivity contribution in [3.8, 4) is 0 Å². The summed E-state index contributed by atoms with van der Waals surface area (Å²) in [7, 11) is 0. The zero-order chi connectivity index (χ0) is 22.1. The van der Waals surface area contributed by atoms with Crippen molar-refractivity contribution in [2.24, 2.45) is 5.92 Å². The van der Waals surface area contributed by atoms with Crippen LogP contribution in [0.5, 0.6) is 0 Å². The van der Waals surface area contributed by atoms with Gasteiger partial charge in [-0.15, -0.1) is 0 Å². The highest BCUT2D eigenvalue weighted by molar-refractivity contribution is 6.17. The number of piperidine rings is 1. The first-order valence-corrected chi connectivity index (χ1v) is 10.7. The predicted octanol–water partition coefficient (Wildman–Crippen LogP) is 2.89. The van der Waals surface area contributed by atoms with Crippen molar-refractivity contribution in [2.45, 2.75) is 24.9 Å². The molecule has 1 saturated heterocycles. The summed E-state index contributed by atoms with van der Waals surface area (Å²) in [5.74, 6) is 1.23. The Kier molecular flexibility index (Phi) is 5.28. The third-order valence-corrected chi connectivity index (χ3v) is 6.22. The fraction of sp³-hybridized carbons (Fsp3) is 0.250. The summed E-state index contributed by atoms with van der Waals surface area (Å²) in [4.78, 5) is 21.2. The van der Waals surface area contributed by atoms with Gasteiger partial charge < -0.3 is 21.7 Å². The quantitative estimate of drug-likeness (QED) is 0.385. The Bertz CT molecular complexity index is 1160. The zero-order valence-corrected chi connectivity index (χ0v) is 17.5. The normalized spacial score (nSPS) is 21.3. The molecule has 8 heteroatoms. The second-order valence-electron chi connectivity index (χ2n) is 8.36. The van der Waals surface area contributed by atoms with Gasteiger partial charge in [-0.2, -0.15) is 0 Å². The molecule has 3 atom stereocenters. The van der Waals surface area contributed by atoms with Gasteiger partial charge in [0.05, 0.1) is 11.3 Å². The molecule has 0 radical (unpaired) electrons. The number of nitrogens with two attached hydrogens (primary N) is 1. The summed E-state index contributed by atoms with van der Waals surface area (Å²) >= 11 is 0. The molecular formula is C24H25N7O. The van der Waals surface area contributed by atoms with Gasteiger partial charge in [-0.3, -0.25) is 10.2 Å². The van der Waals surface area contributed by atoms with Crippen molar-refractivity contribution in [3.05, 3.63) is 77.6 Å². The highest BCUT2D eigenvalue weighted by Gasteiger charge is 2.39. The molecule has 1 saturated carbocycles. The van der Waals surface area contributed by atoms with Crippen LogP contribution in [0.1, 0.15) is 34.3 Å². The van der Waals surface area contributed by atoms with Gasteiger partial charge in [-0.05, 0) is 49.6 Å². The molecule has 2 bridgehead atoms. The van der Waals surface area contributed by atoms with Crippen LogP contribution in [0.4, 0.5) is 17.3 Å². The molecule has 8 nitrogen and oxygen atoms in total. The topological polar surface area (TPSA) is 129 Å². The standard InChI is InChI=1S/C24H25N7O/c25-21(15-5-4-6-16(11-15)24(32)30-17-7-2-1-3-8-17)20-22(26)28-13-29-23(20)31-19-10-14-9-18(19)27-12-14/h1-8,11,13-14,18-19,25,27H,9-10,12H2,(H,30,32)(H3,26,28,29,31). The largest absolute Gasteiger partial charge is 0.383 e. The number of rotatable bonds is 6. The molecular weight excluding hydrogens is 402 g/mol. The average molecular weight is 428 g/mol. The van der Waals surface area contributed by atoms with Crippen LogP contribution >= 0.6 is 0 Å². The molecule has 2 aromatic carbocycles. The number of hydrogen-bond donors (Lipinski definition) is 5. The Morgan fingerprint density at radius 3 is 2.62 bits per heavy atom. The van der Waals surface area contributed by atoms with E-state index in [0.29, 0.717) is 40.2 Å². The van der Waals surface area contributed by atoms with Crippen LogP contribution in [0.2, 0.25) is 0 Å². The summed E-state index contributed by atoms with van der Waals surface area (Å²) in [5.41, 5.74) is 8.55. The summed E-state index contributed by atoms with van der Waals surface area (Å²) < 4.78 is 0. The first-order valence-electron chi connectivity index (χ1n) is 10.7. The van der Waals surface area contributed by atoms with Gasteiger partial charge in [0, 0.05) is 28.9 Å². The van der Waals surface area contributed by atoms with E-state index in [9.17, 15) is 4.79 Å². The number of nitrogens with one attached hydrogen (secondary N) is 4. The number of amides is 1. The number of hydrogen-bond acceptors (Lipinski definition) is 7. The van der Waals surface area contributed by atoms with Gasteiger partial charge in [-0.25, -0.2) is 9.97 Å². The fourth-order valence-corrected chi connectivity index (χ4v) is 4.63. The maximum Gasteiger partial charge on any atom is 0.255 e. The Morgan fingerprint density at radius 2 is 1.88 bits per heavy atom. The minimum absolute atomic E-state index is 0.177. The van der Waals surface area contributed by atoms with Crippen LogP contribution in [0.15, 0.2) is 60.9 Å². The van der Waals surface area contributed by atoms with Crippen molar-refractivity contribution >= 4 is 28.9 Å². The van der Waals surface area contributed by atoms with Gasteiger partial charge in [-0.1, -0.05) is 30.3 Å². The third kappa shape index (κ3) is 3.92. The Balaban J connectivity index is 1.40. The molecule has 1 aliphatic heterocycles. The highest BCUT2D eigenvalue weighted by atomic mass is 16.1. The maximum atomic E-state index is 12.7. The average Bonchev–Trinajstić information content (AvgIpc) is 3.43. The van der Waals surface area contributed by atoms with Gasteiger partial charge in [0.15, 0.2) is 0 Å². The SMILES string of the molecule is N=C(c1cccc(C(=O)Nc2ccccc2)c1)c1c(N)ncnc1NC1CC2CNC1C2. The van der Waals surface area contributed by atoms with Crippen LogP contribution in [0.25, 0.3) is 0 Å². The molecule has 2 fully saturated rings. The lowest BCUT2D eigenvalue weighted by atomic mass is 10.00. The number of carbonyl (C=O) groups is 1. The van der Waals surface area contributed by atoms with Crippen LogP contribution in [-0.2, 0) is 0 Å². The van der Waals surface area contributed by atoms with Crippen molar-refractivity contribution in [3.63, 3.8) is 0 Å². The molecule has 5 rings (SSSR count). The first-order chi connectivity index (χ1) is 15.6. The van der Waals surface area contributed by atoms with Crippen molar-refractivity contribution in [1.82, 2.24) is 15.3 Å². The summed E-state index contributed by atoms with van der Waals surface area (Å²) in [6.07, 6.45) is 3.64. The summed E-state index contributed by atoms with van der Waals surface area (Å²) in [6.45, 7) is 1.06. The lowest BCUT2D eigenvalue weighted by Gasteiger charge is -2.25. The smallest absolute Gasteiger partial charge is 0.255 e.